The number of carbonyl (C=O) groups is 1. The molecule has 0 spiro atoms. The van der Waals surface area contributed by atoms with Gasteiger partial charge in [0.15, 0.2) is 0 Å². The molecule has 5 heteroatoms. The number of rotatable bonds is 4. The number of benzene rings is 3. The van der Waals surface area contributed by atoms with E-state index in [9.17, 15) is 4.79 Å². The molecule has 1 amide bonds. The second-order valence-corrected chi connectivity index (χ2v) is 6.32. The van der Waals surface area contributed by atoms with Gasteiger partial charge in [-0.3, -0.25) is 4.79 Å². The lowest BCUT2D eigenvalue weighted by Crippen LogP contribution is -2.17. The van der Waals surface area contributed by atoms with E-state index in [-0.39, 0.29) is 5.91 Å². The number of hydrazone groups is 1. The Morgan fingerprint density at radius 3 is 2.62 bits per heavy atom. The van der Waals surface area contributed by atoms with Crippen LogP contribution in [0.5, 0.6) is 5.75 Å². The molecule has 0 bridgehead atoms. The number of nitrogens with one attached hydrogen (secondary N) is 1. The van der Waals surface area contributed by atoms with E-state index in [2.05, 4.69) is 39.2 Å². The van der Waals surface area contributed by atoms with Crippen LogP contribution in [0.2, 0.25) is 0 Å². The minimum atomic E-state index is -0.257. The van der Waals surface area contributed by atoms with Crippen LogP contribution in [0.15, 0.2) is 65.8 Å². The molecule has 0 saturated carbocycles. The number of amides is 1. The molecular formula is C19H15IN2O2. The maximum atomic E-state index is 12.1. The van der Waals surface area contributed by atoms with Crippen molar-refractivity contribution in [3.05, 3.63) is 75.4 Å². The van der Waals surface area contributed by atoms with Crippen LogP contribution in [0.25, 0.3) is 10.8 Å². The number of halogens is 1. The van der Waals surface area contributed by atoms with Gasteiger partial charge in [0.1, 0.15) is 5.75 Å². The summed E-state index contributed by atoms with van der Waals surface area (Å²) in [5, 5.41) is 6.35. The first kappa shape index (κ1) is 16.4. The fourth-order valence-corrected chi connectivity index (χ4v) is 3.06. The first-order chi connectivity index (χ1) is 11.7. The van der Waals surface area contributed by atoms with Crippen LogP contribution >= 0.6 is 22.6 Å². The van der Waals surface area contributed by atoms with Crippen molar-refractivity contribution in [2.75, 3.05) is 7.11 Å². The summed E-state index contributed by atoms with van der Waals surface area (Å²) in [6, 6.07) is 19.4. The van der Waals surface area contributed by atoms with Crippen LogP contribution in [0.3, 0.4) is 0 Å². The Morgan fingerprint density at radius 2 is 1.88 bits per heavy atom. The predicted molar refractivity (Wildman–Crippen MR) is 105 cm³/mol. The summed E-state index contributed by atoms with van der Waals surface area (Å²) in [5.74, 6) is 0.486. The van der Waals surface area contributed by atoms with Gasteiger partial charge in [0.25, 0.3) is 5.91 Å². The molecule has 3 aromatic carbocycles. The first-order valence-corrected chi connectivity index (χ1v) is 8.41. The Labute approximate surface area is 153 Å². The smallest absolute Gasteiger partial charge is 0.271 e. The molecule has 3 aromatic rings. The van der Waals surface area contributed by atoms with Crippen molar-refractivity contribution in [1.29, 1.82) is 0 Å². The van der Waals surface area contributed by atoms with Crippen molar-refractivity contribution < 1.29 is 9.53 Å². The third-order valence-electron chi connectivity index (χ3n) is 3.57. The highest BCUT2D eigenvalue weighted by atomic mass is 127. The second-order valence-electron chi connectivity index (χ2n) is 5.16. The summed E-state index contributed by atoms with van der Waals surface area (Å²) in [5.41, 5.74) is 4.01. The maximum Gasteiger partial charge on any atom is 0.271 e. The fourth-order valence-electron chi connectivity index (χ4n) is 2.33. The quantitative estimate of drug-likeness (QED) is 0.383. The second kappa shape index (κ2) is 7.44. The first-order valence-electron chi connectivity index (χ1n) is 7.33. The highest BCUT2D eigenvalue weighted by molar-refractivity contribution is 14.1. The summed E-state index contributed by atoms with van der Waals surface area (Å²) < 4.78 is 6.06. The minimum absolute atomic E-state index is 0.257. The largest absolute Gasteiger partial charge is 0.496 e. The molecule has 120 valence electrons. The Bertz CT molecular complexity index is 922. The maximum absolute atomic E-state index is 12.1. The van der Waals surface area contributed by atoms with Crippen LogP contribution in [0.4, 0.5) is 0 Å². The molecule has 0 aromatic heterocycles. The Kier molecular flexibility index (Phi) is 5.10. The zero-order chi connectivity index (χ0) is 16.9. The molecule has 0 aliphatic carbocycles. The molecule has 0 radical (unpaired) electrons. The van der Waals surface area contributed by atoms with E-state index in [1.54, 1.807) is 31.5 Å². The summed E-state index contributed by atoms with van der Waals surface area (Å²) in [6.07, 6.45) is 1.64. The number of methoxy groups -OCH3 is 1. The van der Waals surface area contributed by atoms with E-state index in [1.807, 2.05) is 36.4 Å². The van der Waals surface area contributed by atoms with Gasteiger partial charge in [-0.2, -0.15) is 5.10 Å². The number of carbonyl (C=O) groups excluding carboxylic acids is 1. The van der Waals surface area contributed by atoms with E-state index in [0.717, 1.165) is 20.3 Å². The molecule has 4 nitrogen and oxygen atoms in total. The minimum Gasteiger partial charge on any atom is -0.496 e. The van der Waals surface area contributed by atoms with Crippen LogP contribution < -0.4 is 10.2 Å². The monoisotopic (exact) mass is 430 g/mol. The number of nitrogens with zero attached hydrogens (tertiary/aromatic N) is 1. The lowest BCUT2D eigenvalue weighted by Gasteiger charge is -2.05. The highest BCUT2D eigenvalue weighted by Gasteiger charge is 2.07. The van der Waals surface area contributed by atoms with E-state index in [4.69, 9.17) is 4.74 Å². The third-order valence-corrected chi connectivity index (χ3v) is 4.41. The molecule has 24 heavy (non-hydrogen) atoms. The van der Waals surface area contributed by atoms with Crippen LogP contribution in [0, 0.1) is 3.57 Å². The van der Waals surface area contributed by atoms with Gasteiger partial charge in [-0.05, 0) is 63.2 Å². The van der Waals surface area contributed by atoms with Gasteiger partial charge in [0, 0.05) is 5.56 Å². The van der Waals surface area contributed by atoms with Crippen LogP contribution in [-0.4, -0.2) is 19.2 Å². The number of hydrogen-bond acceptors (Lipinski definition) is 3. The van der Waals surface area contributed by atoms with Crippen molar-refractivity contribution in [3.8, 4) is 5.75 Å². The van der Waals surface area contributed by atoms with Gasteiger partial charge in [-0.25, -0.2) is 5.43 Å². The predicted octanol–water partition coefficient (Wildman–Crippen LogP) is 4.22. The number of fused-ring (bicyclic) bond motifs is 1. The van der Waals surface area contributed by atoms with Crippen molar-refractivity contribution in [2.24, 2.45) is 5.10 Å². The van der Waals surface area contributed by atoms with E-state index in [1.165, 1.54) is 5.39 Å². The lowest BCUT2D eigenvalue weighted by atomic mass is 10.1. The van der Waals surface area contributed by atoms with E-state index >= 15 is 0 Å². The summed E-state index contributed by atoms with van der Waals surface area (Å²) in [4.78, 5) is 12.1. The fraction of sp³-hybridized carbons (Fsp3) is 0.0526. The molecule has 0 aliphatic rings. The molecule has 0 fully saturated rings. The Morgan fingerprint density at radius 1 is 1.08 bits per heavy atom. The standard InChI is InChI=1S/C19H15IN2O2/c1-24-18-9-8-16(11-17(18)20)19(23)22-21-12-13-6-7-14-4-2-3-5-15(14)10-13/h2-12H,1H3,(H,22,23)/b21-12+. The van der Waals surface area contributed by atoms with Gasteiger partial charge in [0.2, 0.25) is 0 Å². The lowest BCUT2D eigenvalue weighted by molar-refractivity contribution is 0.0955. The van der Waals surface area contributed by atoms with Gasteiger partial charge in [0.05, 0.1) is 16.9 Å². The third kappa shape index (κ3) is 3.73. The zero-order valence-electron chi connectivity index (χ0n) is 13.0. The van der Waals surface area contributed by atoms with E-state index < -0.39 is 0 Å². The normalized spacial score (nSPS) is 10.9. The van der Waals surface area contributed by atoms with Gasteiger partial charge in [-0.15, -0.1) is 0 Å². The van der Waals surface area contributed by atoms with Crippen molar-refractivity contribution in [1.82, 2.24) is 5.43 Å². The van der Waals surface area contributed by atoms with Crippen molar-refractivity contribution in [3.63, 3.8) is 0 Å². The average molecular weight is 430 g/mol. The molecule has 0 unspecified atom stereocenters. The van der Waals surface area contributed by atoms with E-state index in [0.29, 0.717) is 5.56 Å². The van der Waals surface area contributed by atoms with Gasteiger partial charge >= 0.3 is 0 Å². The van der Waals surface area contributed by atoms with Crippen LogP contribution in [0.1, 0.15) is 15.9 Å². The molecule has 1 N–H and O–H groups in total. The molecule has 0 aliphatic heterocycles. The number of hydrogen-bond donors (Lipinski definition) is 1. The Hall–Kier alpha value is -2.41. The van der Waals surface area contributed by atoms with Crippen molar-refractivity contribution in [2.45, 2.75) is 0 Å². The van der Waals surface area contributed by atoms with Crippen LogP contribution in [-0.2, 0) is 0 Å². The van der Waals surface area contributed by atoms with Gasteiger partial charge < -0.3 is 4.74 Å². The highest BCUT2D eigenvalue weighted by Crippen LogP contribution is 2.21. The summed E-state index contributed by atoms with van der Waals surface area (Å²) in [6.45, 7) is 0. The molecule has 0 atom stereocenters. The summed E-state index contributed by atoms with van der Waals surface area (Å²) >= 11 is 2.13. The molecule has 0 heterocycles. The summed E-state index contributed by atoms with van der Waals surface area (Å²) in [7, 11) is 1.60. The average Bonchev–Trinajstić information content (AvgIpc) is 2.61. The molecule has 3 rings (SSSR count). The zero-order valence-corrected chi connectivity index (χ0v) is 15.2. The SMILES string of the molecule is COc1ccc(C(=O)N/N=C/c2ccc3ccccc3c2)cc1I. The van der Waals surface area contributed by atoms with Crippen molar-refractivity contribution >= 4 is 45.5 Å². The molecular weight excluding hydrogens is 415 g/mol. The topological polar surface area (TPSA) is 50.7 Å². The Balaban J connectivity index is 1.70. The molecule has 0 saturated heterocycles. The number of ether oxygens (including phenoxy) is 1. The van der Waals surface area contributed by atoms with Gasteiger partial charge in [-0.1, -0.05) is 36.4 Å².